The Morgan fingerprint density at radius 2 is 2.11 bits per heavy atom. The highest BCUT2D eigenvalue weighted by Crippen LogP contribution is 2.30. The van der Waals surface area contributed by atoms with Gasteiger partial charge in [0.15, 0.2) is 0 Å². The molecule has 2 fully saturated rings. The minimum atomic E-state index is 0.654. The summed E-state index contributed by atoms with van der Waals surface area (Å²) in [4.78, 5) is 6.95. The summed E-state index contributed by atoms with van der Waals surface area (Å²) < 4.78 is 2.28. The molecule has 2 bridgehead atoms. The maximum Gasteiger partial charge on any atom is 0.205 e. The van der Waals surface area contributed by atoms with Crippen LogP contribution in [-0.4, -0.2) is 34.7 Å². The van der Waals surface area contributed by atoms with Crippen LogP contribution in [0.4, 0.5) is 5.95 Å². The molecule has 2 aliphatic heterocycles. The summed E-state index contributed by atoms with van der Waals surface area (Å²) in [7, 11) is 2.21. The Hall–Kier alpha value is -1.03. The van der Waals surface area contributed by atoms with E-state index in [1.807, 2.05) is 6.20 Å². The van der Waals surface area contributed by atoms with Gasteiger partial charge < -0.3 is 14.8 Å². The number of hydrogen-bond donors (Lipinski definition) is 1. The van der Waals surface area contributed by atoms with Crippen molar-refractivity contribution in [1.29, 1.82) is 0 Å². The minimum absolute atomic E-state index is 0.654. The van der Waals surface area contributed by atoms with Gasteiger partial charge in [-0.1, -0.05) is 6.92 Å². The first-order valence-electron chi connectivity index (χ1n) is 7.28. The molecule has 4 heteroatoms. The highest BCUT2D eigenvalue weighted by atomic mass is 15.3. The third-order valence-electron chi connectivity index (χ3n) is 4.47. The van der Waals surface area contributed by atoms with Gasteiger partial charge in [0, 0.05) is 44.1 Å². The van der Waals surface area contributed by atoms with Crippen LogP contribution in [-0.2, 0) is 6.54 Å². The van der Waals surface area contributed by atoms with Crippen LogP contribution in [0.2, 0.25) is 0 Å². The number of fused-ring (bicyclic) bond motifs is 2. The average molecular weight is 248 g/mol. The van der Waals surface area contributed by atoms with E-state index < -0.39 is 0 Å². The van der Waals surface area contributed by atoms with Crippen LogP contribution in [0.5, 0.6) is 0 Å². The molecule has 0 spiro atoms. The van der Waals surface area contributed by atoms with Crippen molar-refractivity contribution in [2.45, 2.75) is 63.7 Å². The second-order valence-electron chi connectivity index (χ2n) is 5.79. The molecule has 1 aromatic heterocycles. The lowest BCUT2D eigenvalue weighted by molar-refractivity contribution is 0.351. The Morgan fingerprint density at radius 3 is 2.78 bits per heavy atom. The Bertz CT molecular complexity index is 388. The van der Waals surface area contributed by atoms with Crippen LogP contribution in [0.15, 0.2) is 12.4 Å². The van der Waals surface area contributed by atoms with Gasteiger partial charge >= 0.3 is 0 Å². The molecule has 2 saturated heterocycles. The zero-order valence-corrected chi connectivity index (χ0v) is 11.5. The van der Waals surface area contributed by atoms with E-state index in [0.717, 1.165) is 31.0 Å². The van der Waals surface area contributed by atoms with Gasteiger partial charge in [-0.15, -0.1) is 0 Å². The van der Waals surface area contributed by atoms with E-state index in [0.29, 0.717) is 6.04 Å². The first kappa shape index (κ1) is 12.0. The highest BCUT2D eigenvalue weighted by molar-refractivity contribution is 5.32. The summed E-state index contributed by atoms with van der Waals surface area (Å²) in [5.74, 6) is 1.14. The second-order valence-corrected chi connectivity index (χ2v) is 5.79. The van der Waals surface area contributed by atoms with Crippen molar-refractivity contribution in [3.05, 3.63) is 12.4 Å². The van der Waals surface area contributed by atoms with Crippen LogP contribution in [0.3, 0.4) is 0 Å². The predicted octanol–water partition coefficient (Wildman–Crippen LogP) is 2.01. The molecule has 100 valence electrons. The molecule has 1 aromatic rings. The second kappa shape index (κ2) is 4.92. The summed E-state index contributed by atoms with van der Waals surface area (Å²) in [6.07, 6.45) is 10.5. The van der Waals surface area contributed by atoms with Crippen LogP contribution in [0, 0.1) is 0 Å². The van der Waals surface area contributed by atoms with E-state index in [2.05, 4.69) is 39.9 Å². The fourth-order valence-corrected chi connectivity index (χ4v) is 3.54. The number of rotatable bonds is 4. The van der Waals surface area contributed by atoms with Gasteiger partial charge in [-0.2, -0.15) is 0 Å². The third kappa shape index (κ3) is 2.14. The molecule has 2 unspecified atom stereocenters. The molecule has 0 saturated carbocycles. The molecular formula is C14H24N4. The van der Waals surface area contributed by atoms with E-state index in [1.54, 1.807) is 0 Å². The zero-order valence-electron chi connectivity index (χ0n) is 11.5. The fraction of sp³-hybridized carbons (Fsp3) is 0.786. The number of aryl methyl sites for hydroxylation is 1. The highest BCUT2D eigenvalue weighted by Gasteiger charge is 2.35. The standard InChI is InChI=1S/C14H24N4/c1-3-7-18-8-6-15-14(18)17(2)13-9-11-4-5-12(10-13)16-11/h6,8,11-13,16H,3-5,7,9-10H2,1-2H3. The summed E-state index contributed by atoms with van der Waals surface area (Å²) in [6, 6.07) is 2.14. The molecular weight excluding hydrogens is 224 g/mol. The van der Waals surface area contributed by atoms with Crippen molar-refractivity contribution in [2.75, 3.05) is 11.9 Å². The lowest BCUT2D eigenvalue weighted by atomic mass is 9.99. The van der Waals surface area contributed by atoms with Gasteiger partial charge in [-0.3, -0.25) is 0 Å². The van der Waals surface area contributed by atoms with Crippen LogP contribution in [0.1, 0.15) is 39.0 Å². The maximum absolute atomic E-state index is 4.55. The molecule has 1 N–H and O–H groups in total. The van der Waals surface area contributed by atoms with Crippen molar-refractivity contribution < 1.29 is 0 Å². The monoisotopic (exact) mass is 248 g/mol. The molecule has 0 aromatic carbocycles. The molecule has 2 aliphatic rings. The summed E-state index contributed by atoms with van der Waals surface area (Å²) >= 11 is 0. The largest absolute Gasteiger partial charge is 0.342 e. The zero-order chi connectivity index (χ0) is 12.5. The fourth-order valence-electron chi connectivity index (χ4n) is 3.54. The summed E-state index contributed by atoms with van der Waals surface area (Å²) in [6.45, 7) is 3.28. The van der Waals surface area contributed by atoms with Gasteiger partial charge in [0.1, 0.15) is 0 Å². The third-order valence-corrected chi connectivity index (χ3v) is 4.47. The van der Waals surface area contributed by atoms with Crippen molar-refractivity contribution in [1.82, 2.24) is 14.9 Å². The number of hydrogen-bond acceptors (Lipinski definition) is 3. The number of anilines is 1. The van der Waals surface area contributed by atoms with Crippen LogP contribution >= 0.6 is 0 Å². The van der Waals surface area contributed by atoms with Crippen LogP contribution in [0.25, 0.3) is 0 Å². The van der Waals surface area contributed by atoms with E-state index in [4.69, 9.17) is 0 Å². The molecule has 0 aliphatic carbocycles. The van der Waals surface area contributed by atoms with Crippen molar-refractivity contribution >= 4 is 5.95 Å². The van der Waals surface area contributed by atoms with Gasteiger partial charge in [0.2, 0.25) is 5.95 Å². The van der Waals surface area contributed by atoms with Gasteiger partial charge in [-0.05, 0) is 32.1 Å². The molecule has 3 rings (SSSR count). The van der Waals surface area contributed by atoms with E-state index in [1.165, 1.54) is 25.7 Å². The first-order chi connectivity index (χ1) is 8.78. The first-order valence-corrected chi connectivity index (χ1v) is 7.28. The van der Waals surface area contributed by atoms with Gasteiger partial charge in [0.25, 0.3) is 0 Å². The number of nitrogens with one attached hydrogen (secondary N) is 1. The topological polar surface area (TPSA) is 33.1 Å². The molecule has 0 radical (unpaired) electrons. The lowest BCUT2D eigenvalue weighted by Gasteiger charge is -2.36. The van der Waals surface area contributed by atoms with E-state index in [9.17, 15) is 0 Å². The molecule has 18 heavy (non-hydrogen) atoms. The Morgan fingerprint density at radius 1 is 1.39 bits per heavy atom. The van der Waals surface area contributed by atoms with E-state index in [-0.39, 0.29) is 0 Å². The Balaban J connectivity index is 1.73. The Labute approximate surface area is 109 Å². The molecule has 0 amide bonds. The number of piperidine rings is 1. The van der Waals surface area contributed by atoms with Crippen molar-refractivity contribution in [3.8, 4) is 0 Å². The average Bonchev–Trinajstić information content (AvgIpc) is 2.96. The summed E-state index contributed by atoms with van der Waals surface area (Å²) in [5, 5.41) is 3.71. The quantitative estimate of drug-likeness (QED) is 0.885. The SMILES string of the molecule is CCCn1ccnc1N(C)C1CC2CCC(C1)N2. The smallest absolute Gasteiger partial charge is 0.205 e. The number of aromatic nitrogens is 2. The Kier molecular flexibility index (Phi) is 3.29. The minimum Gasteiger partial charge on any atom is -0.342 e. The van der Waals surface area contributed by atoms with Crippen LogP contribution < -0.4 is 10.2 Å². The lowest BCUT2D eigenvalue weighted by Crippen LogP contribution is -2.47. The van der Waals surface area contributed by atoms with Gasteiger partial charge in [-0.25, -0.2) is 4.98 Å². The predicted molar refractivity (Wildman–Crippen MR) is 73.9 cm³/mol. The van der Waals surface area contributed by atoms with E-state index >= 15 is 0 Å². The molecule has 4 nitrogen and oxygen atoms in total. The van der Waals surface area contributed by atoms with Crippen molar-refractivity contribution in [2.24, 2.45) is 0 Å². The maximum atomic E-state index is 4.55. The molecule has 3 heterocycles. The number of imidazole rings is 1. The molecule has 2 atom stereocenters. The van der Waals surface area contributed by atoms with Crippen molar-refractivity contribution in [3.63, 3.8) is 0 Å². The summed E-state index contributed by atoms with van der Waals surface area (Å²) in [5.41, 5.74) is 0. The normalized spacial score (nSPS) is 30.7. The number of nitrogens with zero attached hydrogens (tertiary/aromatic N) is 3. The van der Waals surface area contributed by atoms with Gasteiger partial charge in [0.05, 0.1) is 0 Å².